The van der Waals surface area contributed by atoms with Gasteiger partial charge in [0.05, 0.1) is 0 Å². The molecule has 0 amide bonds. The maximum Gasteiger partial charge on any atom is 0.217 e. The average molecular weight is 702 g/mol. The van der Waals surface area contributed by atoms with Crippen molar-refractivity contribution in [1.82, 2.24) is 0 Å². The van der Waals surface area contributed by atoms with Crippen LogP contribution >= 0.6 is 28.1 Å². The molecule has 2 fully saturated rings. The van der Waals surface area contributed by atoms with E-state index in [4.69, 9.17) is 0 Å². The van der Waals surface area contributed by atoms with Gasteiger partial charge in [-0.2, -0.15) is 10.9 Å². The lowest BCUT2D eigenvalue weighted by Crippen LogP contribution is -2.67. The first-order valence-electron chi connectivity index (χ1n) is 19.3. The summed E-state index contributed by atoms with van der Waals surface area (Å²) in [6.07, 6.45) is 3.40. The molecular formula is C38H78B4P4. The molecule has 0 aromatic heterocycles. The topological polar surface area (TPSA) is 0 Å². The van der Waals surface area contributed by atoms with Crippen LogP contribution in [-0.4, -0.2) is 69.9 Å². The summed E-state index contributed by atoms with van der Waals surface area (Å²) in [6.45, 7) is 57.6. The predicted molar refractivity (Wildman–Crippen MR) is 237 cm³/mol. The maximum absolute atomic E-state index is 2.74. The highest BCUT2D eigenvalue weighted by Gasteiger charge is 2.74. The molecule has 262 valence electrons. The monoisotopic (exact) mass is 703 g/mol. The van der Waals surface area contributed by atoms with Gasteiger partial charge in [0.25, 0.3) is 0 Å². The van der Waals surface area contributed by atoms with Crippen molar-refractivity contribution in [2.45, 2.75) is 208 Å². The zero-order valence-corrected chi connectivity index (χ0v) is 38.6. The fourth-order valence-electron chi connectivity index (χ4n) is 13.2. The van der Waals surface area contributed by atoms with Crippen molar-refractivity contribution in [3.05, 3.63) is 24.3 Å². The SMILES string of the molecule is CC(C)[P+]1(C(C)C)[B-](c2ccc([B-]3[P+](C(C)C)(C(C)C)[B-](C(C)(C)C)[P+]3(C(C)C)C(C)C)cc2)[P+](C(C)C)(C(C)C)[B-]1C(C)(C)C. The van der Waals surface area contributed by atoms with Crippen molar-refractivity contribution in [3.63, 3.8) is 0 Å². The maximum atomic E-state index is 2.74. The second-order valence-electron chi connectivity index (χ2n) is 20.2. The fourth-order valence-corrected chi connectivity index (χ4v) is 61.3. The molecule has 1 aromatic carbocycles. The molecule has 1 aromatic rings. The van der Waals surface area contributed by atoms with E-state index < -0.39 is 28.1 Å². The minimum atomic E-state index is -1.32. The molecule has 0 saturated carbocycles. The van der Waals surface area contributed by atoms with E-state index in [1.807, 2.05) is 0 Å². The van der Waals surface area contributed by atoms with Gasteiger partial charge in [0.1, 0.15) is 0 Å². The normalized spacial score (nSPS) is 22.7. The Kier molecular flexibility index (Phi) is 12.3. The Morgan fingerprint density at radius 2 is 0.500 bits per heavy atom. The highest BCUT2D eigenvalue weighted by molar-refractivity contribution is 8.73. The van der Waals surface area contributed by atoms with Gasteiger partial charge >= 0.3 is 0 Å². The third kappa shape index (κ3) is 5.46. The van der Waals surface area contributed by atoms with Crippen LogP contribution in [0, 0.1) is 0 Å². The summed E-state index contributed by atoms with van der Waals surface area (Å²) >= 11 is 0. The number of hydrogen-bond acceptors (Lipinski definition) is 0. The number of benzene rings is 1. The minimum Gasteiger partial charge on any atom is -0.280 e. The van der Waals surface area contributed by atoms with Crippen LogP contribution in [0.1, 0.15) is 152 Å². The first-order valence-corrected chi connectivity index (χ1v) is 27.6. The van der Waals surface area contributed by atoms with Gasteiger partial charge in [0, 0.05) is 0 Å². The van der Waals surface area contributed by atoms with Gasteiger partial charge < -0.3 is 0 Å². The molecule has 0 spiro atoms. The Hall–Kier alpha value is 1.20. The lowest BCUT2D eigenvalue weighted by Gasteiger charge is -2.84. The highest BCUT2D eigenvalue weighted by atomic mass is 31.3. The molecule has 2 saturated heterocycles. The Balaban J connectivity index is 2.39. The van der Waals surface area contributed by atoms with E-state index in [9.17, 15) is 0 Å². The molecule has 0 N–H and O–H groups in total. The standard InChI is InChI=1S/C38H78B4P4/c1-27(2)43(28(3)4)39(44(29(5)6,30(7)8)41(43)37(17,18)19)35-23-25-36(26-24-35)40-45(31(9)10,32(11)12)42(38(20,21)22)46(40,33(13)14)34(15)16/h23-34H,1-22H3. The first-order chi connectivity index (χ1) is 20.7. The molecule has 0 nitrogen and oxygen atoms in total. The van der Waals surface area contributed by atoms with E-state index in [0.717, 1.165) is 69.9 Å². The summed E-state index contributed by atoms with van der Waals surface area (Å²) < 4.78 is 0. The van der Waals surface area contributed by atoms with E-state index in [2.05, 4.69) is 177 Å². The zero-order chi connectivity index (χ0) is 35.9. The third-order valence-electron chi connectivity index (χ3n) is 13.6. The smallest absolute Gasteiger partial charge is 0.217 e. The quantitative estimate of drug-likeness (QED) is 0.168. The Morgan fingerprint density at radius 1 is 0.348 bits per heavy atom. The molecule has 46 heavy (non-hydrogen) atoms. The van der Waals surface area contributed by atoms with Crippen molar-refractivity contribution in [3.8, 4) is 0 Å². The number of rotatable bonds is 10. The Bertz CT molecular complexity index is 1010. The van der Waals surface area contributed by atoms with Crippen LogP contribution < -0.4 is 10.9 Å². The van der Waals surface area contributed by atoms with Crippen molar-refractivity contribution >= 4 is 63.6 Å². The van der Waals surface area contributed by atoms with E-state index in [-0.39, 0.29) is 0 Å². The van der Waals surface area contributed by atoms with E-state index in [1.54, 1.807) is 10.9 Å². The van der Waals surface area contributed by atoms with Crippen LogP contribution in [0.5, 0.6) is 0 Å². The summed E-state index contributed by atoms with van der Waals surface area (Å²) in [7, 11) is -5.28. The molecule has 2 aliphatic heterocycles. The lowest BCUT2D eigenvalue weighted by atomic mass is 9.70. The molecule has 0 aliphatic carbocycles. The summed E-state index contributed by atoms with van der Waals surface area (Å²) in [5.74, 6) is 0. The van der Waals surface area contributed by atoms with Crippen LogP contribution in [0.25, 0.3) is 0 Å². The predicted octanol–water partition coefficient (Wildman–Crippen LogP) is 13.0. The van der Waals surface area contributed by atoms with Gasteiger partial charge in [-0.15, -0.1) is 10.6 Å². The van der Waals surface area contributed by atoms with Crippen molar-refractivity contribution < 1.29 is 0 Å². The zero-order valence-electron chi connectivity index (χ0n) is 35.0. The second kappa shape index (κ2) is 13.6. The Labute approximate surface area is 294 Å². The molecule has 0 unspecified atom stereocenters. The van der Waals surface area contributed by atoms with Gasteiger partial charge in [0.2, 0.25) is 12.3 Å². The second-order valence-corrected chi connectivity index (χ2v) is 41.4. The third-order valence-corrected chi connectivity index (χ3v) is 48.6. The largest absolute Gasteiger partial charge is 0.280 e. The molecule has 3 rings (SSSR count). The molecule has 4 radical (unpaired) electrons. The molecular weight excluding hydrogens is 624 g/mol. The van der Waals surface area contributed by atoms with Gasteiger partial charge in [0.15, 0.2) is 12.3 Å². The van der Waals surface area contributed by atoms with Gasteiger partial charge in [-0.1, -0.05) is 65.8 Å². The van der Waals surface area contributed by atoms with Gasteiger partial charge in [-0.05, 0) is 156 Å². The molecule has 0 bridgehead atoms. The average Bonchev–Trinajstić information content (AvgIpc) is 2.81. The summed E-state index contributed by atoms with van der Waals surface area (Å²) in [5.41, 5.74) is 9.63. The van der Waals surface area contributed by atoms with Crippen molar-refractivity contribution in [1.29, 1.82) is 0 Å². The summed E-state index contributed by atoms with van der Waals surface area (Å²) in [4.78, 5) is 0. The minimum absolute atomic E-state index is 0.353. The number of hydrogen-bond donors (Lipinski definition) is 0. The van der Waals surface area contributed by atoms with Crippen LogP contribution in [-0.2, 0) is 0 Å². The van der Waals surface area contributed by atoms with E-state index in [0.29, 0.717) is 10.6 Å². The van der Waals surface area contributed by atoms with Crippen molar-refractivity contribution in [2.24, 2.45) is 0 Å². The van der Waals surface area contributed by atoms with Gasteiger partial charge in [-0.25, -0.2) is 0 Å². The fraction of sp³-hybridized carbons (Fsp3) is 0.842. The molecule has 0 atom stereocenters. The van der Waals surface area contributed by atoms with Crippen LogP contribution in [0.3, 0.4) is 0 Å². The Morgan fingerprint density at radius 3 is 0.609 bits per heavy atom. The highest BCUT2D eigenvalue weighted by Crippen LogP contribution is 3.04. The summed E-state index contributed by atoms with van der Waals surface area (Å²) in [5, 5.41) is 0.707. The first kappa shape index (κ1) is 41.6. The van der Waals surface area contributed by atoms with Crippen LogP contribution in [0.4, 0.5) is 0 Å². The van der Waals surface area contributed by atoms with E-state index in [1.165, 1.54) is 0 Å². The molecule has 2 aliphatic rings. The molecule has 8 heteroatoms. The van der Waals surface area contributed by atoms with Crippen LogP contribution in [0.15, 0.2) is 24.3 Å². The van der Waals surface area contributed by atoms with Gasteiger partial charge in [-0.3, -0.25) is 28.1 Å². The summed E-state index contributed by atoms with van der Waals surface area (Å²) in [6, 6.07) is 11.0. The van der Waals surface area contributed by atoms with Crippen molar-refractivity contribution in [2.75, 3.05) is 0 Å². The van der Waals surface area contributed by atoms with Crippen LogP contribution in [0.2, 0.25) is 10.6 Å². The lowest BCUT2D eigenvalue weighted by molar-refractivity contribution is 0.753. The van der Waals surface area contributed by atoms with E-state index >= 15 is 0 Å². The molecule has 2 heterocycles.